The minimum atomic E-state index is 0. The molecule has 0 spiro atoms. The van der Waals surface area contributed by atoms with Crippen molar-refractivity contribution in [2.75, 3.05) is 44.8 Å². The first-order chi connectivity index (χ1) is 14.3. The third kappa shape index (κ3) is 4.27. The van der Waals surface area contributed by atoms with Crippen molar-refractivity contribution in [1.82, 2.24) is 24.8 Å². The smallest absolute Gasteiger partial charge is 0.225 e. The normalized spacial score (nSPS) is 16.0. The lowest BCUT2D eigenvalue weighted by atomic mass is 10.1. The van der Waals surface area contributed by atoms with E-state index in [0.717, 1.165) is 74.5 Å². The molecule has 5 rings (SSSR count). The largest absolute Gasteiger partial charge is 0.494 e. The van der Waals surface area contributed by atoms with Gasteiger partial charge in [0.15, 0.2) is 5.75 Å². The number of fused-ring (bicyclic) bond motifs is 1. The van der Waals surface area contributed by atoms with Crippen LogP contribution in [0.1, 0.15) is 11.3 Å². The molecule has 0 amide bonds. The molecule has 2 aliphatic rings. The molecule has 9 heteroatoms. The number of aromatic nitrogens is 4. The summed E-state index contributed by atoms with van der Waals surface area (Å²) in [6, 6.07) is 6.29. The Morgan fingerprint density at radius 1 is 1.13 bits per heavy atom. The molecule has 0 aliphatic carbocycles. The van der Waals surface area contributed by atoms with E-state index in [1.54, 1.807) is 19.5 Å². The minimum absolute atomic E-state index is 0. The van der Waals surface area contributed by atoms with E-state index < -0.39 is 0 Å². The molecule has 0 atom stereocenters. The first-order valence-electron chi connectivity index (χ1n) is 9.92. The van der Waals surface area contributed by atoms with Crippen molar-refractivity contribution < 1.29 is 9.47 Å². The third-order valence-electron chi connectivity index (χ3n) is 5.48. The Hall–Kier alpha value is -2.65. The number of hydrogen-bond donors (Lipinski definition) is 1. The molecule has 1 N–H and O–H groups in total. The van der Waals surface area contributed by atoms with E-state index in [0.29, 0.717) is 5.75 Å². The Morgan fingerprint density at radius 3 is 2.70 bits per heavy atom. The average Bonchev–Trinajstić information content (AvgIpc) is 3.43. The van der Waals surface area contributed by atoms with Gasteiger partial charge in [-0.2, -0.15) is 0 Å². The van der Waals surface area contributed by atoms with Gasteiger partial charge in [-0.15, -0.1) is 17.0 Å². The molecule has 1 aromatic carbocycles. The van der Waals surface area contributed by atoms with Gasteiger partial charge < -0.3 is 19.4 Å². The van der Waals surface area contributed by atoms with Crippen molar-refractivity contribution in [1.29, 1.82) is 0 Å². The van der Waals surface area contributed by atoms with Gasteiger partial charge in [0, 0.05) is 50.9 Å². The number of aromatic amines is 1. The Labute approximate surface area is 186 Å². The summed E-state index contributed by atoms with van der Waals surface area (Å²) in [5.41, 5.74) is 3.44. The summed E-state index contributed by atoms with van der Waals surface area (Å²) >= 11 is 0. The van der Waals surface area contributed by atoms with Crippen molar-refractivity contribution >= 4 is 22.9 Å². The van der Waals surface area contributed by atoms with E-state index in [1.165, 1.54) is 5.56 Å². The van der Waals surface area contributed by atoms with Gasteiger partial charge in [-0.1, -0.05) is 0 Å². The summed E-state index contributed by atoms with van der Waals surface area (Å²) in [6.45, 7) is 5.31. The third-order valence-corrected chi connectivity index (χ3v) is 5.48. The summed E-state index contributed by atoms with van der Waals surface area (Å²) in [4.78, 5) is 21.5. The van der Waals surface area contributed by atoms with E-state index >= 15 is 0 Å². The number of benzene rings is 1. The highest BCUT2D eigenvalue weighted by atomic mass is 79.9. The van der Waals surface area contributed by atoms with Crippen LogP contribution in [0.5, 0.6) is 11.5 Å². The minimum Gasteiger partial charge on any atom is -0.494 e. The molecule has 0 unspecified atom stereocenters. The van der Waals surface area contributed by atoms with Gasteiger partial charge in [0.05, 0.1) is 31.8 Å². The second-order valence-corrected chi connectivity index (χ2v) is 7.35. The molecule has 30 heavy (non-hydrogen) atoms. The number of H-pyrrole nitrogens is 1. The molecule has 1 fully saturated rings. The highest BCUT2D eigenvalue weighted by Crippen LogP contribution is 2.29. The summed E-state index contributed by atoms with van der Waals surface area (Å²) < 4.78 is 10.7. The van der Waals surface area contributed by atoms with Gasteiger partial charge in [0.2, 0.25) is 5.95 Å². The fraction of sp³-hybridized carbons (Fsp3) is 0.381. The predicted molar refractivity (Wildman–Crippen MR) is 120 cm³/mol. The number of imidazole rings is 1. The van der Waals surface area contributed by atoms with Gasteiger partial charge in [-0.25, -0.2) is 15.0 Å². The van der Waals surface area contributed by atoms with Crippen LogP contribution in [-0.4, -0.2) is 64.7 Å². The van der Waals surface area contributed by atoms with Gasteiger partial charge in [-0.3, -0.25) is 4.90 Å². The van der Waals surface area contributed by atoms with E-state index in [-0.39, 0.29) is 17.0 Å². The molecular weight excluding hydrogens is 448 g/mol. The second kappa shape index (κ2) is 9.01. The number of nitrogens with one attached hydrogen (secondary N) is 1. The number of methoxy groups -OCH3 is 1. The van der Waals surface area contributed by atoms with Crippen LogP contribution in [0.25, 0.3) is 11.4 Å². The molecule has 1 saturated heterocycles. The van der Waals surface area contributed by atoms with Crippen molar-refractivity contribution in [3.05, 3.63) is 48.0 Å². The molecule has 2 aromatic heterocycles. The second-order valence-electron chi connectivity index (χ2n) is 7.35. The zero-order chi connectivity index (χ0) is 19.6. The Kier molecular flexibility index (Phi) is 6.19. The lowest BCUT2D eigenvalue weighted by Crippen LogP contribution is -2.46. The molecule has 8 nitrogen and oxygen atoms in total. The van der Waals surface area contributed by atoms with E-state index in [9.17, 15) is 0 Å². The molecule has 0 bridgehead atoms. The number of nitrogens with zero attached hydrogens (tertiary/aromatic N) is 5. The van der Waals surface area contributed by atoms with E-state index in [2.05, 4.69) is 36.9 Å². The molecule has 0 saturated carbocycles. The lowest BCUT2D eigenvalue weighted by molar-refractivity contribution is 0.246. The van der Waals surface area contributed by atoms with Crippen molar-refractivity contribution in [2.24, 2.45) is 0 Å². The molecule has 2 aliphatic heterocycles. The standard InChI is InChI=1S/C21H24N6O2.BrH/c1-28-18-12-23-21(24-13-18)27-7-5-26(6-8-27)14-17-11-22-20(25-17)16-2-3-19-15(10-16)4-9-29-19;/h2-3,10-13H,4-9,14H2,1H3,(H,22,25);1H. The SMILES string of the molecule is Br.COc1cnc(N2CCN(Cc3c[nH]c(-c4ccc5c(c4)CCO5)n3)CC2)nc1. The van der Waals surface area contributed by atoms with E-state index in [4.69, 9.17) is 14.5 Å². The first kappa shape index (κ1) is 20.6. The van der Waals surface area contributed by atoms with Crippen LogP contribution < -0.4 is 14.4 Å². The number of piperazine rings is 1. The van der Waals surface area contributed by atoms with Crippen LogP contribution >= 0.6 is 17.0 Å². The van der Waals surface area contributed by atoms with Gasteiger partial charge >= 0.3 is 0 Å². The summed E-state index contributed by atoms with van der Waals surface area (Å²) in [7, 11) is 1.62. The van der Waals surface area contributed by atoms with Gasteiger partial charge in [-0.05, 0) is 23.8 Å². The Morgan fingerprint density at radius 2 is 1.93 bits per heavy atom. The number of halogens is 1. The number of rotatable bonds is 5. The maximum absolute atomic E-state index is 5.59. The van der Waals surface area contributed by atoms with Crippen LogP contribution in [0.15, 0.2) is 36.8 Å². The van der Waals surface area contributed by atoms with Crippen LogP contribution in [0.4, 0.5) is 5.95 Å². The summed E-state index contributed by atoms with van der Waals surface area (Å²) in [5.74, 6) is 3.35. The fourth-order valence-corrected chi connectivity index (χ4v) is 3.84. The van der Waals surface area contributed by atoms with Crippen LogP contribution in [0.2, 0.25) is 0 Å². The first-order valence-corrected chi connectivity index (χ1v) is 9.92. The quantitative estimate of drug-likeness (QED) is 0.611. The maximum Gasteiger partial charge on any atom is 0.225 e. The Balaban J connectivity index is 0.00000218. The highest BCUT2D eigenvalue weighted by molar-refractivity contribution is 8.93. The summed E-state index contributed by atoms with van der Waals surface area (Å²) in [6.07, 6.45) is 6.41. The zero-order valence-corrected chi connectivity index (χ0v) is 18.6. The van der Waals surface area contributed by atoms with Gasteiger partial charge in [0.1, 0.15) is 11.6 Å². The van der Waals surface area contributed by atoms with Crippen molar-refractivity contribution in [3.8, 4) is 22.9 Å². The summed E-state index contributed by atoms with van der Waals surface area (Å²) in [5, 5.41) is 0. The van der Waals surface area contributed by atoms with Gasteiger partial charge in [0.25, 0.3) is 0 Å². The number of ether oxygens (including phenoxy) is 2. The fourth-order valence-electron chi connectivity index (χ4n) is 3.84. The van der Waals surface area contributed by atoms with Crippen LogP contribution in [-0.2, 0) is 13.0 Å². The van der Waals surface area contributed by atoms with Crippen molar-refractivity contribution in [3.63, 3.8) is 0 Å². The lowest BCUT2D eigenvalue weighted by Gasteiger charge is -2.34. The van der Waals surface area contributed by atoms with E-state index in [1.807, 2.05) is 12.3 Å². The molecule has 158 valence electrons. The topological polar surface area (TPSA) is 79.4 Å². The van der Waals surface area contributed by atoms with Crippen LogP contribution in [0.3, 0.4) is 0 Å². The number of anilines is 1. The predicted octanol–water partition coefficient (Wildman–Crippen LogP) is 2.71. The average molecular weight is 473 g/mol. The zero-order valence-electron chi connectivity index (χ0n) is 16.9. The van der Waals surface area contributed by atoms with Crippen LogP contribution in [0, 0.1) is 0 Å². The molecule has 0 radical (unpaired) electrons. The Bertz CT molecular complexity index is 985. The molecular formula is C21H25BrN6O2. The van der Waals surface area contributed by atoms with Crippen molar-refractivity contribution in [2.45, 2.75) is 13.0 Å². The monoisotopic (exact) mass is 472 g/mol. The maximum atomic E-state index is 5.59. The molecule has 4 heterocycles. The number of hydrogen-bond acceptors (Lipinski definition) is 7. The highest BCUT2D eigenvalue weighted by Gasteiger charge is 2.20. The molecule has 3 aromatic rings.